The van der Waals surface area contributed by atoms with Crippen LogP contribution in [0.2, 0.25) is 5.02 Å². The largest absolute Gasteiger partial charge is 0.484 e. The van der Waals surface area contributed by atoms with Crippen LogP contribution in [-0.2, 0) is 4.79 Å². The third-order valence-corrected chi connectivity index (χ3v) is 4.52. The molecule has 0 atom stereocenters. The standard InChI is InChI=1S/C19H19ClN2O3/c20-17-3-1-2-4-18(17)21-9-11-22(12-10-21)19(24)14-25-16-7-5-15(13-23)6-8-16/h1-8,13H,9-12,14H2. The van der Waals surface area contributed by atoms with Crippen molar-refractivity contribution in [2.75, 3.05) is 37.7 Å². The molecule has 1 heterocycles. The van der Waals surface area contributed by atoms with Gasteiger partial charge in [0.25, 0.3) is 5.91 Å². The maximum atomic E-state index is 12.3. The van der Waals surface area contributed by atoms with Crippen LogP contribution in [0.15, 0.2) is 48.5 Å². The summed E-state index contributed by atoms with van der Waals surface area (Å²) in [6, 6.07) is 14.4. The number of piperazine rings is 1. The number of nitrogens with zero attached hydrogens (tertiary/aromatic N) is 2. The van der Waals surface area contributed by atoms with Gasteiger partial charge in [0.2, 0.25) is 0 Å². The number of rotatable bonds is 5. The summed E-state index contributed by atoms with van der Waals surface area (Å²) in [4.78, 5) is 26.9. The van der Waals surface area contributed by atoms with Crippen molar-refractivity contribution in [3.63, 3.8) is 0 Å². The third-order valence-electron chi connectivity index (χ3n) is 4.20. The van der Waals surface area contributed by atoms with Crippen LogP contribution in [0.25, 0.3) is 0 Å². The van der Waals surface area contributed by atoms with Crippen molar-refractivity contribution >= 4 is 29.5 Å². The summed E-state index contributed by atoms with van der Waals surface area (Å²) < 4.78 is 5.51. The zero-order valence-electron chi connectivity index (χ0n) is 13.7. The Hall–Kier alpha value is -2.53. The van der Waals surface area contributed by atoms with Crippen molar-refractivity contribution in [1.29, 1.82) is 0 Å². The van der Waals surface area contributed by atoms with Crippen molar-refractivity contribution in [1.82, 2.24) is 4.90 Å². The van der Waals surface area contributed by atoms with E-state index in [0.29, 0.717) is 24.4 Å². The number of anilines is 1. The molecule has 2 aromatic carbocycles. The molecule has 25 heavy (non-hydrogen) atoms. The van der Waals surface area contributed by atoms with Gasteiger partial charge in [-0.05, 0) is 36.4 Å². The maximum absolute atomic E-state index is 12.3. The minimum Gasteiger partial charge on any atom is -0.484 e. The van der Waals surface area contributed by atoms with E-state index in [0.717, 1.165) is 30.1 Å². The van der Waals surface area contributed by atoms with Crippen LogP contribution in [-0.4, -0.2) is 49.9 Å². The molecule has 1 aliphatic rings. The first-order valence-corrected chi connectivity index (χ1v) is 8.50. The molecular weight excluding hydrogens is 340 g/mol. The number of hydrogen-bond donors (Lipinski definition) is 0. The number of amides is 1. The second-order valence-corrected chi connectivity index (χ2v) is 6.20. The fourth-order valence-corrected chi connectivity index (χ4v) is 3.04. The van der Waals surface area contributed by atoms with E-state index >= 15 is 0 Å². The van der Waals surface area contributed by atoms with Crippen molar-refractivity contribution in [2.24, 2.45) is 0 Å². The van der Waals surface area contributed by atoms with Crippen LogP contribution < -0.4 is 9.64 Å². The molecule has 0 aliphatic carbocycles. The van der Waals surface area contributed by atoms with Gasteiger partial charge in [0.1, 0.15) is 12.0 Å². The van der Waals surface area contributed by atoms with Crippen LogP contribution >= 0.6 is 11.6 Å². The number of hydrogen-bond acceptors (Lipinski definition) is 4. The van der Waals surface area contributed by atoms with E-state index in [9.17, 15) is 9.59 Å². The highest BCUT2D eigenvalue weighted by molar-refractivity contribution is 6.33. The van der Waals surface area contributed by atoms with Gasteiger partial charge >= 0.3 is 0 Å². The minimum absolute atomic E-state index is 0.00741. The predicted molar refractivity (Wildman–Crippen MR) is 97.6 cm³/mol. The zero-order valence-corrected chi connectivity index (χ0v) is 14.5. The molecule has 3 rings (SSSR count). The van der Waals surface area contributed by atoms with Gasteiger partial charge in [-0.15, -0.1) is 0 Å². The van der Waals surface area contributed by atoms with E-state index in [4.69, 9.17) is 16.3 Å². The van der Waals surface area contributed by atoms with Crippen molar-refractivity contribution in [2.45, 2.75) is 0 Å². The highest BCUT2D eigenvalue weighted by Crippen LogP contribution is 2.26. The van der Waals surface area contributed by atoms with E-state index in [1.165, 1.54) is 0 Å². The number of ether oxygens (including phenoxy) is 1. The summed E-state index contributed by atoms with van der Waals surface area (Å²) in [7, 11) is 0. The molecule has 0 radical (unpaired) electrons. The van der Waals surface area contributed by atoms with Gasteiger partial charge in [0.15, 0.2) is 6.61 Å². The number of benzene rings is 2. The predicted octanol–water partition coefficient (Wildman–Crippen LogP) is 2.88. The van der Waals surface area contributed by atoms with Gasteiger partial charge in [0.05, 0.1) is 10.7 Å². The van der Waals surface area contributed by atoms with Crippen molar-refractivity contribution < 1.29 is 14.3 Å². The molecule has 1 amide bonds. The van der Waals surface area contributed by atoms with Crippen LogP contribution in [0.1, 0.15) is 10.4 Å². The Labute approximate surface area is 151 Å². The average Bonchev–Trinajstić information content (AvgIpc) is 2.67. The molecule has 0 N–H and O–H groups in total. The summed E-state index contributed by atoms with van der Waals surface area (Å²) in [6.07, 6.45) is 0.771. The normalized spacial score (nSPS) is 14.3. The second kappa shape index (κ2) is 8.03. The molecule has 5 nitrogen and oxygen atoms in total. The lowest BCUT2D eigenvalue weighted by Crippen LogP contribution is -2.50. The molecule has 0 unspecified atom stereocenters. The van der Waals surface area contributed by atoms with E-state index in [1.54, 1.807) is 29.2 Å². The number of carbonyl (C=O) groups is 2. The van der Waals surface area contributed by atoms with Crippen molar-refractivity contribution in [3.05, 3.63) is 59.1 Å². The van der Waals surface area contributed by atoms with Gasteiger partial charge in [-0.1, -0.05) is 23.7 Å². The number of aldehydes is 1. The molecule has 0 spiro atoms. The van der Waals surface area contributed by atoms with Crippen LogP contribution in [0.3, 0.4) is 0 Å². The van der Waals surface area contributed by atoms with Gasteiger partial charge in [-0.2, -0.15) is 0 Å². The van der Waals surface area contributed by atoms with Gasteiger partial charge in [0, 0.05) is 31.7 Å². The third kappa shape index (κ3) is 4.31. The summed E-state index contributed by atoms with van der Waals surface area (Å²) in [5, 5.41) is 0.726. The van der Waals surface area contributed by atoms with Gasteiger partial charge in [-0.25, -0.2) is 0 Å². The van der Waals surface area contributed by atoms with E-state index in [1.807, 2.05) is 24.3 Å². The first-order valence-electron chi connectivity index (χ1n) is 8.12. The molecule has 2 aromatic rings. The Bertz CT molecular complexity index is 741. The molecule has 6 heteroatoms. The first kappa shape index (κ1) is 17.3. The molecule has 130 valence electrons. The van der Waals surface area contributed by atoms with Crippen LogP contribution in [0.4, 0.5) is 5.69 Å². The highest BCUT2D eigenvalue weighted by Gasteiger charge is 2.22. The number of para-hydroxylation sites is 1. The molecular formula is C19H19ClN2O3. The second-order valence-electron chi connectivity index (χ2n) is 5.79. The quantitative estimate of drug-likeness (QED) is 0.771. The van der Waals surface area contributed by atoms with Crippen LogP contribution in [0, 0.1) is 0 Å². The molecule has 1 fully saturated rings. The van der Waals surface area contributed by atoms with E-state index < -0.39 is 0 Å². The molecule has 0 saturated carbocycles. The monoisotopic (exact) mass is 358 g/mol. The average molecular weight is 359 g/mol. The zero-order chi connectivity index (χ0) is 17.6. The first-order chi connectivity index (χ1) is 12.2. The summed E-state index contributed by atoms with van der Waals surface area (Å²) in [5.41, 5.74) is 1.58. The summed E-state index contributed by atoms with van der Waals surface area (Å²) in [5.74, 6) is 0.534. The molecule has 1 saturated heterocycles. The lowest BCUT2D eigenvalue weighted by atomic mass is 10.2. The topological polar surface area (TPSA) is 49.9 Å². The summed E-state index contributed by atoms with van der Waals surface area (Å²) in [6.45, 7) is 2.74. The van der Waals surface area contributed by atoms with Gasteiger partial charge < -0.3 is 14.5 Å². The Balaban J connectivity index is 1.49. The fraction of sp³-hybridized carbons (Fsp3) is 0.263. The number of carbonyl (C=O) groups excluding carboxylic acids is 2. The Morgan fingerprint density at radius 2 is 1.72 bits per heavy atom. The Morgan fingerprint density at radius 3 is 2.36 bits per heavy atom. The number of halogens is 1. The molecule has 1 aliphatic heterocycles. The minimum atomic E-state index is -0.0433. The smallest absolute Gasteiger partial charge is 0.260 e. The fourth-order valence-electron chi connectivity index (χ4n) is 2.78. The Morgan fingerprint density at radius 1 is 1.04 bits per heavy atom. The maximum Gasteiger partial charge on any atom is 0.260 e. The lowest BCUT2D eigenvalue weighted by Gasteiger charge is -2.36. The Kier molecular flexibility index (Phi) is 5.56. The molecule has 0 bridgehead atoms. The lowest BCUT2D eigenvalue weighted by molar-refractivity contribution is -0.133. The van der Waals surface area contributed by atoms with E-state index in [-0.39, 0.29) is 12.5 Å². The van der Waals surface area contributed by atoms with Crippen LogP contribution in [0.5, 0.6) is 5.75 Å². The molecule has 0 aromatic heterocycles. The van der Waals surface area contributed by atoms with Crippen molar-refractivity contribution in [3.8, 4) is 5.75 Å². The van der Waals surface area contributed by atoms with Gasteiger partial charge in [-0.3, -0.25) is 9.59 Å². The SMILES string of the molecule is O=Cc1ccc(OCC(=O)N2CCN(c3ccccc3Cl)CC2)cc1. The summed E-state index contributed by atoms with van der Waals surface area (Å²) >= 11 is 6.23. The van der Waals surface area contributed by atoms with E-state index in [2.05, 4.69) is 4.90 Å². The highest BCUT2D eigenvalue weighted by atomic mass is 35.5.